The van der Waals surface area contributed by atoms with Crippen molar-refractivity contribution in [3.8, 4) is 0 Å². The molecule has 0 amide bonds. The Morgan fingerprint density at radius 3 is 2.70 bits per heavy atom. The Labute approximate surface area is 114 Å². The van der Waals surface area contributed by atoms with Gasteiger partial charge in [-0.05, 0) is 18.1 Å². The van der Waals surface area contributed by atoms with Crippen molar-refractivity contribution < 1.29 is 24.3 Å². The van der Waals surface area contributed by atoms with E-state index in [0.717, 1.165) is 12.1 Å². The number of nitrogens with one attached hydrogen (secondary N) is 1. The molecule has 1 rings (SSSR count). The van der Waals surface area contributed by atoms with Gasteiger partial charge in [0.15, 0.2) is 0 Å². The summed E-state index contributed by atoms with van der Waals surface area (Å²) in [6.07, 6.45) is -0.839. The standard InChI is InChI=1S/C12H15FN2O5/c1-2-9(12(17)18)14-6-11(16)7-3-4-8(13)10(5-7)15(19)20/h3-5,9,11,14,16H,2,6H2,1H3,(H,17,18). The summed E-state index contributed by atoms with van der Waals surface area (Å²) in [6.45, 7) is 1.56. The minimum atomic E-state index is -1.16. The number of halogens is 1. The van der Waals surface area contributed by atoms with Crippen LogP contribution in [0.5, 0.6) is 0 Å². The third-order valence-corrected chi connectivity index (χ3v) is 2.82. The number of nitrogens with zero attached hydrogens (tertiary/aromatic N) is 1. The van der Waals surface area contributed by atoms with Crippen LogP contribution in [0, 0.1) is 15.9 Å². The lowest BCUT2D eigenvalue weighted by atomic mass is 10.1. The first-order valence-electron chi connectivity index (χ1n) is 5.94. The molecule has 0 aromatic heterocycles. The van der Waals surface area contributed by atoms with E-state index in [0.29, 0.717) is 6.42 Å². The molecule has 0 aliphatic carbocycles. The van der Waals surface area contributed by atoms with Crippen LogP contribution in [0.3, 0.4) is 0 Å². The van der Waals surface area contributed by atoms with Gasteiger partial charge in [0.05, 0.1) is 11.0 Å². The first-order chi connectivity index (χ1) is 9.36. The van der Waals surface area contributed by atoms with Crippen LogP contribution in [0.25, 0.3) is 0 Å². The highest BCUT2D eigenvalue weighted by Gasteiger charge is 2.20. The molecule has 20 heavy (non-hydrogen) atoms. The molecule has 2 atom stereocenters. The van der Waals surface area contributed by atoms with Crippen LogP contribution in [0.1, 0.15) is 25.0 Å². The Balaban J connectivity index is 2.77. The normalized spacial score (nSPS) is 13.8. The van der Waals surface area contributed by atoms with Crippen LogP contribution in [0.2, 0.25) is 0 Å². The van der Waals surface area contributed by atoms with Gasteiger partial charge < -0.3 is 15.5 Å². The maximum atomic E-state index is 13.1. The highest BCUT2D eigenvalue weighted by atomic mass is 19.1. The lowest BCUT2D eigenvalue weighted by Crippen LogP contribution is -2.38. The van der Waals surface area contributed by atoms with Gasteiger partial charge in [-0.2, -0.15) is 4.39 Å². The summed E-state index contributed by atoms with van der Waals surface area (Å²) in [5.74, 6) is -2.04. The van der Waals surface area contributed by atoms with Gasteiger partial charge in [-0.25, -0.2) is 0 Å². The molecule has 0 aliphatic rings. The van der Waals surface area contributed by atoms with Gasteiger partial charge in [-0.1, -0.05) is 13.0 Å². The van der Waals surface area contributed by atoms with Gasteiger partial charge in [0, 0.05) is 12.6 Å². The maximum Gasteiger partial charge on any atom is 0.320 e. The van der Waals surface area contributed by atoms with E-state index in [1.807, 2.05) is 0 Å². The van der Waals surface area contributed by atoms with Gasteiger partial charge in [0.25, 0.3) is 0 Å². The molecule has 1 aromatic carbocycles. The fourth-order valence-corrected chi connectivity index (χ4v) is 1.65. The van der Waals surface area contributed by atoms with Crippen molar-refractivity contribution >= 4 is 11.7 Å². The van der Waals surface area contributed by atoms with E-state index in [-0.39, 0.29) is 12.1 Å². The number of benzene rings is 1. The third kappa shape index (κ3) is 3.97. The van der Waals surface area contributed by atoms with E-state index in [9.17, 15) is 24.4 Å². The SMILES string of the molecule is CCC(NCC(O)c1ccc(F)c([N+](=O)[O-])c1)C(=O)O. The molecular weight excluding hydrogens is 271 g/mol. The lowest BCUT2D eigenvalue weighted by Gasteiger charge is -2.16. The second-order valence-corrected chi connectivity index (χ2v) is 4.19. The second kappa shape index (κ2) is 6.92. The van der Waals surface area contributed by atoms with Crippen LogP contribution < -0.4 is 5.32 Å². The van der Waals surface area contributed by atoms with Gasteiger partial charge in [0.2, 0.25) is 5.82 Å². The summed E-state index contributed by atoms with van der Waals surface area (Å²) in [7, 11) is 0. The Morgan fingerprint density at radius 2 is 2.20 bits per heavy atom. The molecule has 0 saturated carbocycles. The van der Waals surface area contributed by atoms with E-state index in [4.69, 9.17) is 5.11 Å². The van der Waals surface area contributed by atoms with Gasteiger partial charge >= 0.3 is 11.7 Å². The number of carboxylic acid groups (broad SMARTS) is 1. The zero-order valence-corrected chi connectivity index (χ0v) is 10.7. The predicted octanol–water partition coefficient (Wildman–Crippen LogP) is 1.22. The number of carboxylic acids is 1. The van der Waals surface area contributed by atoms with Crippen LogP contribution in [-0.2, 0) is 4.79 Å². The number of aliphatic carboxylic acids is 1. The lowest BCUT2D eigenvalue weighted by molar-refractivity contribution is -0.387. The van der Waals surface area contributed by atoms with Gasteiger partial charge in [-0.3, -0.25) is 14.9 Å². The van der Waals surface area contributed by atoms with E-state index < -0.39 is 34.5 Å². The van der Waals surface area contributed by atoms with Crippen LogP contribution in [-0.4, -0.2) is 33.7 Å². The molecule has 7 nitrogen and oxygen atoms in total. The molecule has 8 heteroatoms. The fourth-order valence-electron chi connectivity index (χ4n) is 1.65. The van der Waals surface area contributed by atoms with Crippen molar-refractivity contribution in [1.82, 2.24) is 5.32 Å². The van der Waals surface area contributed by atoms with Crippen LogP contribution in [0.15, 0.2) is 18.2 Å². The summed E-state index contributed by atoms with van der Waals surface area (Å²) in [5, 5.41) is 31.9. The summed E-state index contributed by atoms with van der Waals surface area (Å²) in [4.78, 5) is 20.5. The maximum absolute atomic E-state index is 13.1. The van der Waals surface area contributed by atoms with E-state index in [1.54, 1.807) is 6.92 Å². The van der Waals surface area contributed by atoms with Crippen molar-refractivity contribution in [3.63, 3.8) is 0 Å². The highest BCUT2D eigenvalue weighted by molar-refractivity contribution is 5.73. The molecule has 3 N–H and O–H groups in total. The number of nitro benzene ring substituents is 1. The molecular formula is C12H15FN2O5. The third-order valence-electron chi connectivity index (χ3n) is 2.82. The molecule has 0 saturated heterocycles. The van der Waals surface area contributed by atoms with Gasteiger partial charge in [0.1, 0.15) is 6.04 Å². The summed E-state index contributed by atoms with van der Waals surface area (Å²) in [5.41, 5.74) is -0.585. The van der Waals surface area contributed by atoms with E-state index in [1.165, 1.54) is 6.07 Å². The minimum Gasteiger partial charge on any atom is -0.480 e. The quantitative estimate of drug-likeness (QED) is 0.513. The molecule has 0 bridgehead atoms. The number of aliphatic hydroxyl groups excluding tert-OH is 1. The molecule has 0 aliphatic heterocycles. The van der Waals surface area contributed by atoms with Gasteiger partial charge in [-0.15, -0.1) is 0 Å². The summed E-state index contributed by atoms with van der Waals surface area (Å²) < 4.78 is 13.1. The van der Waals surface area contributed by atoms with Crippen molar-refractivity contribution in [2.45, 2.75) is 25.5 Å². The van der Waals surface area contributed by atoms with Crippen LogP contribution >= 0.6 is 0 Å². The van der Waals surface area contributed by atoms with Crippen LogP contribution in [0.4, 0.5) is 10.1 Å². The summed E-state index contributed by atoms with van der Waals surface area (Å²) in [6, 6.07) is 2.23. The molecule has 0 heterocycles. The van der Waals surface area contributed by atoms with Crippen molar-refractivity contribution in [3.05, 3.63) is 39.7 Å². The largest absolute Gasteiger partial charge is 0.480 e. The Kier molecular flexibility index (Phi) is 5.53. The van der Waals surface area contributed by atoms with Crippen molar-refractivity contribution in [1.29, 1.82) is 0 Å². The molecule has 110 valence electrons. The zero-order chi connectivity index (χ0) is 15.3. The summed E-state index contributed by atoms with van der Waals surface area (Å²) >= 11 is 0. The molecule has 0 spiro atoms. The minimum absolute atomic E-state index is 0.104. The topological polar surface area (TPSA) is 113 Å². The van der Waals surface area contributed by atoms with Crippen molar-refractivity contribution in [2.75, 3.05) is 6.54 Å². The average molecular weight is 286 g/mol. The average Bonchev–Trinajstić information content (AvgIpc) is 2.38. The Morgan fingerprint density at radius 1 is 1.55 bits per heavy atom. The predicted molar refractivity (Wildman–Crippen MR) is 67.7 cm³/mol. The number of aliphatic hydroxyl groups is 1. The molecule has 2 unspecified atom stereocenters. The monoisotopic (exact) mass is 286 g/mol. The second-order valence-electron chi connectivity index (χ2n) is 4.19. The molecule has 0 fully saturated rings. The molecule has 0 radical (unpaired) electrons. The smallest absolute Gasteiger partial charge is 0.320 e. The van der Waals surface area contributed by atoms with E-state index in [2.05, 4.69) is 5.32 Å². The van der Waals surface area contributed by atoms with E-state index >= 15 is 0 Å². The highest BCUT2D eigenvalue weighted by Crippen LogP contribution is 2.22. The van der Waals surface area contributed by atoms with Crippen molar-refractivity contribution in [2.24, 2.45) is 0 Å². The zero-order valence-electron chi connectivity index (χ0n) is 10.7. The Hall–Kier alpha value is -2.06. The molecule has 1 aromatic rings. The Bertz CT molecular complexity index is 509. The fraction of sp³-hybridized carbons (Fsp3) is 0.417. The number of rotatable bonds is 7. The number of carbonyl (C=O) groups is 1. The number of nitro groups is 1. The number of hydrogen-bond donors (Lipinski definition) is 3. The first kappa shape index (κ1) is 16.0. The number of hydrogen-bond acceptors (Lipinski definition) is 5. The first-order valence-corrected chi connectivity index (χ1v) is 5.94.